The fourth-order valence-corrected chi connectivity index (χ4v) is 2.32. The summed E-state index contributed by atoms with van der Waals surface area (Å²) in [6.45, 7) is 0.344. The number of benzene rings is 1. The summed E-state index contributed by atoms with van der Waals surface area (Å²) >= 11 is 11.5. The van der Waals surface area contributed by atoms with Crippen molar-refractivity contribution in [3.05, 3.63) is 68.9 Å². The molecule has 0 bridgehead atoms. The molecule has 0 radical (unpaired) electrons. The minimum absolute atomic E-state index is 0.0176. The number of pyridine rings is 1. The summed E-state index contributed by atoms with van der Waals surface area (Å²) in [4.78, 5) is 20.3. The first kappa shape index (κ1) is 13.1. The zero-order chi connectivity index (χ0) is 14.1. The molecule has 0 aliphatic rings. The van der Waals surface area contributed by atoms with Crippen LogP contribution < -0.4 is 5.56 Å². The molecule has 3 aromatic rings. The highest BCUT2D eigenvalue weighted by Crippen LogP contribution is 2.17. The Morgan fingerprint density at radius 3 is 2.75 bits per heavy atom. The summed E-state index contributed by atoms with van der Waals surface area (Å²) in [6.07, 6.45) is 3.11. The van der Waals surface area contributed by atoms with Crippen LogP contribution in [0.5, 0.6) is 0 Å². The minimum atomic E-state index is -0.361. The van der Waals surface area contributed by atoms with Crippen LogP contribution >= 0.6 is 23.2 Å². The first-order chi connectivity index (χ1) is 9.66. The molecule has 0 saturated carbocycles. The highest BCUT2D eigenvalue weighted by atomic mass is 35.5. The number of rotatable bonds is 2. The van der Waals surface area contributed by atoms with Gasteiger partial charge in [-0.05, 0) is 11.6 Å². The number of halogens is 2. The Labute approximate surface area is 124 Å². The maximum absolute atomic E-state index is 12.0. The Bertz CT molecular complexity index is 840. The van der Waals surface area contributed by atoms with E-state index in [4.69, 9.17) is 23.2 Å². The molecule has 1 aromatic carbocycles. The van der Waals surface area contributed by atoms with Crippen LogP contribution in [-0.4, -0.2) is 14.5 Å². The SMILES string of the molecule is O=c1c(Cl)c(Cl)ncn1Cc1cccc2cccnc12. The molecule has 100 valence electrons. The van der Waals surface area contributed by atoms with Crippen molar-refractivity contribution in [2.24, 2.45) is 0 Å². The van der Waals surface area contributed by atoms with Crippen LogP contribution in [-0.2, 0) is 6.54 Å². The van der Waals surface area contributed by atoms with Crippen molar-refractivity contribution in [2.75, 3.05) is 0 Å². The molecule has 2 heterocycles. The second-order valence-corrected chi connectivity index (χ2v) is 5.01. The Morgan fingerprint density at radius 1 is 1.10 bits per heavy atom. The van der Waals surface area contributed by atoms with E-state index in [0.29, 0.717) is 6.54 Å². The lowest BCUT2D eigenvalue weighted by atomic mass is 10.1. The van der Waals surface area contributed by atoms with Gasteiger partial charge < -0.3 is 0 Å². The number of nitrogens with zero attached hydrogens (tertiary/aromatic N) is 3. The van der Waals surface area contributed by atoms with Crippen LogP contribution in [0.1, 0.15) is 5.56 Å². The van der Waals surface area contributed by atoms with Crippen LogP contribution in [0.3, 0.4) is 0 Å². The molecule has 0 amide bonds. The number of para-hydroxylation sites is 1. The van der Waals surface area contributed by atoms with E-state index < -0.39 is 0 Å². The van der Waals surface area contributed by atoms with E-state index in [-0.39, 0.29) is 15.7 Å². The highest BCUT2D eigenvalue weighted by Gasteiger charge is 2.09. The zero-order valence-electron chi connectivity index (χ0n) is 10.3. The third-order valence-corrected chi connectivity index (χ3v) is 3.72. The van der Waals surface area contributed by atoms with Crippen LogP contribution in [0.15, 0.2) is 47.7 Å². The molecule has 3 rings (SSSR count). The molecule has 0 fully saturated rings. The van der Waals surface area contributed by atoms with Crippen LogP contribution in [0.25, 0.3) is 10.9 Å². The van der Waals surface area contributed by atoms with Crippen molar-refractivity contribution >= 4 is 34.1 Å². The zero-order valence-corrected chi connectivity index (χ0v) is 11.8. The van der Waals surface area contributed by atoms with Gasteiger partial charge in [0.1, 0.15) is 5.02 Å². The van der Waals surface area contributed by atoms with Gasteiger partial charge in [0.2, 0.25) is 0 Å². The summed E-state index contributed by atoms with van der Waals surface area (Å²) in [6, 6.07) is 9.67. The molecule has 2 aromatic heterocycles. The molecular formula is C14H9Cl2N3O. The van der Waals surface area contributed by atoms with Gasteiger partial charge in [-0.2, -0.15) is 0 Å². The molecule has 4 nitrogen and oxygen atoms in total. The van der Waals surface area contributed by atoms with E-state index in [1.54, 1.807) is 6.20 Å². The van der Waals surface area contributed by atoms with E-state index in [0.717, 1.165) is 16.5 Å². The Balaban J connectivity index is 2.11. The monoisotopic (exact) mass is 305 g/mol. The fourth-order valence-electron chi connectivity index (χ4n) is 2.03. The number of hydrogen-bond acceptors (Lipinski definition) is 3. The van der Waals surface area contributed by atoms with Gasteiger partial charge >= 0.3 is 0 Å². The van der Waals surface area contributed by atoms with E-state index >= 15 is 0 Å². The lowest BCUT2D eigenvalue weighted by Gasteiger charge is -2.08. The fraction of sp³-hybridized carbons (Fsp3) is 0.0714. The molecule has 0 atom stereocenters. The van der Waals surface area contributed by atoms with Gasteiger partial charge in [0, 0.05) is 11.6 Å². The second kappa shape index (κ2) is 5.23. The van der Waals surface area contributed by atoms with Gasteiger partial charge in [-0.15, -0.1) is 0 Å². The lowest BCUT2D eigenvalue weighted by Crippen LogP contribution is -2.21. The molecule has 0 saturated heterocycles. The smallest absolute Gasteiger partial charge is 0.273 e. The summed E-state index contributed by atoms with van der Waals surface area (Å²) in [5.41, 5.74) is 1.41. The van der Waals surface area contributed by atoms with Crippen molar-refractivity contribution < 1.29 is 0 Å². The second-order valence-electron chi connectivity index (χ2n) is 4.27. The molecular weight excluding hydrogens is 297 g/mol. The first-order valence-electron chi connectivity index (χ1n) is 5.90. The number of hydrogen-bond donors (Lipinski definition) is 0. The third-order valence-electron chi connectivity index (χ3n) is 3.00. The van der Waals surface area contributed by atoms with Crippen LogP contribution in [0.4, 0.5) is 0 Å². The van der Waals surface area contributed by atoms with Crippen molar-refractivity contribution in [3.8, 4) is 0 Å². The van der Waals surface area contributed by atoms with E-state index in [9.17, 15) is 4.79 Å². The lowest BCUT2D eigenvalue weighted by molar-refractivity contribution is 0.739. The van der Waals surface area contributed by atoms with Gasteiger partial charge in [-0.1, -0.05) is 47.5 Å². The Kier molecular flexibility index (Phi) is 3.42. The van der Waals surface area contributed by atoms with E-state index in [2.05, 4.69) is 9.97 Å². The van der Waals surface area contributed by atoms with Gasteiger partial charge in [0.25, 0.3) is 5.56 Å². The summed E-state index contributed by atoms with van der Waals surface area (Å²) in [7, 11) is 0. The summed E-state index contributed by atoms with van der Waals surface area (Å²) < 4.78 is 1.41. The van der Waals surface area contributed by atoms with Gasteiger partial charge in [-0.25, -0.2) is 4.98 Å². The van der Waals surface area contributed by atoms with Crippen molar-refractivity contribution in [1.29, 1.82) is 0 Å². The number of fused-ring (bicyclic) bond motifs is 1. The standard InChI is InChI=1S/C14H9Cl2N3O/c15-11-13(16)18-8-19(14(11)20)7-10-4-1-3-9-5-2-6-17-12(9)10/h1-6,8H,7H2. The van der Waals surface area contributed by atoms with Crippen LogP contribution in [0.2, 0.25) is 10.2 Å². The molecule has 0 spiro atoms. The highest BCUT2D eigenvalue weighted by molar-refractivity contribution is 6.40. The minimum Gasteiger partial charge on any atom is -0.293 e. The molecule has 0 unspecified atom stereocenters. The van der Waals surface area contributed by atoms with E-state index in [1.165, 1.54) is 10.9 Å². The first-order valence-corrected chi connectivity index (χ1v) is 6.65. The van der Waals surface area contributed by atoms with Crippen molar-refractivity contribution in [3.63, 3.8) is 0 Å². The molecule has 0 aliphatic heterocycles. The maximum atomic E-state index is 12.0. The average molecular weight is 306 g/mol. The normalized spacial score (nSPS) is 10.9. The van der Waals surface area contributed by atoms with Gasteiger partial charge in [0.15, 0.2) is 5.15 Å². The van der Waals surface area contributed by atoms with Crippen molar-refractivity contribution in [2.45, 2.75) is 6.54 Å². The summed E-state index contributed by atoms with van der Waals surface area (Å²) in [5, 5.41) is 0.970. The molecule has 0 aliphatic carbocycles. The topological polar surface area (TPSA) is 47.8 Å². The summed E-state index contributed by atoms with van der Waals surface area (Å²) in [5.74, 6) is 0. The molecule has 0 N–H and O–H groups in total. The maximum Gasteiger partial charge on any atom is 0.273 e. The van der Waals surface area contributed by atoms with Gasteiger partial charge in [-0.3, -0.25) is 14.3 Å². The largest absolute Gasteiger partial charge is 0.293 e. The van der Waals surface area contributed by atoms with E-state index in [1.807, 2.05) is 30.3 Å². The Morgan fingerprint density at radius 2 is 1.90 bits per heavy atom. The predicted molar refractivity (Wildman–Crippen MR) is 79.4 cm³/mol. The Hall–Kier alpha value is -1.91. The predicted octanol–water partition coefficient (Wildman–Crippen LogP) is 3.15. The number of aromatic nitrogens is 3. The quantitative estimate of drug-likeness (QED) is 0.683. The van der Waals surface area contributed by atoms with Crippen LogP contribution in [0, 0.1) is 0 Å². The molecule has 6 heteroatoms. The average Bonchev–Trinajstić information content (AvgIpc) is 2.48. The van der Waals surface area contributed by atoms with Gasteiger partial charge in [0.05, 0.1) is 18.4 Å². The third kappa shape index (κ3) is 2.28. The van der Waals surface area contributed by atoms with Crippen molar-refractivity contribution in [1.82, 2.24) is 14.5 Å². The molecule has 20 heavy (non-hydrogen) atoms.